The predicted molar refractivity (Wildman–Crippen MR) is 87.4 cm³/mol. The van der Waals surface area contributed by atoms with Gasteiger partial charge in [0, 0.05) is 5.92 Å². The number of halogens is 3. The van der Waals surface area contributed by atoms with Gasteiger partial charge in [0.25, 0.3) is 0 Å². The SMILES string of the molecule is CC(C)(C)OC(=O)N1c2cc(C(F)(F)F)ccc2[C@H]2[C@@H]1[C@@H]1C=C[C@H]2C1. The summed E-state index contributed by atoms with van der Waals surface area (Å²) < 4.78 is 45.0. The van der Waals surface area contributed by atoms with Crippen LogP contribution in [0.4, 0.5) is 23.7 Å². The van der Waals surface area contributed by atoms with E-state index in [4.69, 9.17) is 4.74 Å². The third kappa shape index (κ3) is 2.53. The van der Waals surface area contributed by atoms with Gasteiger partial charge >= 0.3 is 12.3 Å². The molecule has 134 valence electrons. The quantitative estimate of drug-likeness (QED) is 0.607. The van der Waals surface area contributed by atoms with Crippen LogP contribution in [0, 0.1) is 11.8 Å². The lowest BCUT2D eigenvalue weighted by Gasteiger charge is -2.32. The molecular formula is C19H20F3NO2. The Kier molecular flexibility index (Phi) is 3.31. The maximum atomic E-state index is 13.2. The summed E-state index contributed by atoms with van der Waals surface area (Å²) in [5.41, 5.74) is -0.275. The Hall–Kier alpha value is -1.98. The molecule has 1 aliphatic heterocycles. The van der Waals surface area contributed by atoms with E-state index < -0.39 is 23.4 Å². The standard InChI is InChI=1S/C19H20F3NO2/c1-18(2,3)25-17(24)23-14-9-12(19(20,21)22)6-7-13(14)15-10-4-5-11(8-10)16(15)23/h4-7,9-11,15-16H,8H2,1-3H3/t10-,11+,15-,16-/m0/s1. The molecule has 1 aromatic rings. The number of benzene rings is 1. The van der Waals surface area contributed by atoms with E-state index in [2.05, 4.69) is 12.2 Å². The highest BCUT2D eigenvalue weighted by molar-refractivity contribution is 5.93. The van der Waals surface area contributed by atoms with Crippen LogP contribution in [0.15, 0.2) is 30.4 Å². The molecule has 2 bridgehead atoms. The van der Waals surface area contributed by atoms with Crippen molar-refractivity contribution >= 4 is 11.8 Å². The van der Waals surface area contributed by atoms with Crippen LogP contribution in [0.5, 0.6) is 0 Å². The summed E-state index contributed by atoms with van der Waals surface area (Å²) in [6.45, 7) is 5.27. The maximum Gasteiger partial charge on any atom is 0.416 e. The van der Waals surface area contributed by atoms with Crippen molar-refractivity contribution < 1.29 is 22.7 Å². The number of carbonyl (C=O) groups is 1. The zero-order valence-electron chi connectivity index (χ0n) is 14.3. The van der Waals surface area contributed by atoms with E-state index in [1.807, 2.05) is 0 Å². The van der Waals surface area contributed by atoms with Crippen LogP contribution in [0.2, 0.25) is 0 Å². The summed E-state index contributed by atoms with van der Waals surface area (Å²) in [7, 11) is 0. The summed E-state index contributed by atoms with van der Waals surface area (Å²) in [6.07, 6.45) is 0.145. The van der Waals surface area contributed by atoms with Crippen LogP contribution >= 0.6 is 0 Å². The molecule has 0 aromatic heterocycles. The molecule has 25 heavy (non-hydrogen) atoms. The first-order valence-electron chi connectivity index (χ1n) is 8.48. The molecule has 0 spiro atoms. The minimum Gasteiger partial charge on any atom is -0.443 e. The summed E-state index contributed by atoms with van der Waals surface area (Å²) in [6, 6.07) is 3.60. The Morgan fingerprint density at radius 2 is 1.84 bits per heavy atom. The minimum absolute atomic E-state index is 0.0554. The fraction of sp³-hybridized carbons (Fsp3) is 0.526. The van der Waals surface area contributed by atoms with E-state index >= 15 is 0 Å². The number of rotatable bonds is 0. The fourth-order valence-electron chi connectivity index (χ4n) is 4.46. The van der Waals surface area contributed by atoms with E-state index in [1.165, 1.54) is 11.0 Å². The second-order valence-corrected chi connectivity index (χ2v) is 8.09. The lowest BCUT2D eigenvalue weighted by Crippen LogP contribution is -2.44. The average Bonchev–Trinajstić information content (AvgIpc) is 3.14. The van der Waals surface area contributed by atoms with Crippen molar-refractivity contribution in [2.45, 2.75) is 50.9 Å². The number of ether oxygens (including phenoxy) is 1. The molecule has 0 unspecified atom stereocenters. The highest BCUT2D eigenvalue weighted by atomic mass is 19.4. The number of allylic oxidation sites excluding steroid dienone is 1. The molecule has 0 radical (unpaired) electrons. The second kappa shape index (κ2) is 5.02. The van der Waals surface area contributed by atoms with Crippen LogP contribution in [-0.2, 0) is 10.9 Å². The number of alkyl halides is 3. The number of hydrogen-bond donors (Lipinski definition) is 0. The number of hydrogen-bond acceptors (Lipinski definition) is 2. The Morgan fingerprint density at radius 3 is 2.48 bits per heavy atom. The van der Waals surface area contributed by atoms with E-state index in [9.17, 15) is 18.0 Å². The van der Waals surface area contributed by atoms with Gasteiger partial charge in [-0.25, -0.2) is 4.79 Å². The first-order valence-corrected chi connectivity index (χ1v) is 8.48. The van der Waals surface area contributed by atoms with Gasteiger partial charge in [0.1, 0.15) is 5.60 Å². The van der Waals surface area contributed by atoms with Crippen molar-refractivity contribution in [3.05, 3.63) is 41.5 Å². The lowest BCUT2D eigenvalue weighted by molar-refractivity contribution is -0.137. The molecule has 2 aliphatic carbocycles. The van der Waals surface area contributed by atoms with Crippen molar-refractivity contribution in [2.24, 2.45) is 11.8 Å². The van der Waals surface area contributed by atoms with Gasteiger partial charge in [-0.1, -0.05) is 18.2 Å². The van der Waals surface area contributed by atoms with Gasteiger partial charge in [-0.3, -0.25) is 4.90 Å². The van der Waals surface area contributed by atoms with Crippen LogP contribution in [0.3, 0.4) is 0 Å². The van der Waals surface area contributed by atoms with Crippen molar-refractivity contribution in [1.29, 1.82) is 0 Å². The Labute approximate surface area is 144 Å². The van der Waals surface area contributed by atoms with Gasteiger partial charge in [-0.05, 0) is 56.7 Å². The zero-order chi connectivity index (χ0) is 18.1. The molecule has 0 N–H and O–H groups in total. The molecule has 1 heterocycles. The molecule has 3 nitrogen and oxygen atoms in total. The van der Waals surface area contributed by atoms with Crippen LogP contribution in [0.25, 0.3) is 0 Å². The highest BCUT2D eigenvalue weighted by Gasteiger charge is 2.55. The predicted octanol–water partition coefficient (Wildman–Crippen LogP) is 5.12. The van der Waals surface area contributed by atoms with Crippen LogP contribution in [0.1, 0.15) is 44.2 Å². The van der Waals surface area contributed by atoms with Crippen molar-refractivity contribution in [3.63, 3.8) is 0 Å². The molecule has 4 atom stereocenters. The molecule has 4 rings (SSSR count). The molecule has 1 saturated carbocycles. The lowest BCUT2D eigenvalue weighted by atomic mass is 9.85. The third-order valence-corrected chi connectivity index (χ3v) is 5.28. The first-order chi connectivity index (χ1) is 11.6. The summed E-state index contributed by atoms with van der Waals surface area (Å²) in [4.78, 5) is 14.3. The van der Waals surface area contributed by atoms with E-state index in [0.29, 0.717) is 5.69 Å². The number of nitrogens with zero attached hydrogens (tertiary/aromatic N) is 1. The van der Waals surface area contributed by atoms with Gasteiger partial charge in [-0.15, -0.1) is 0 Å². The Morgan fingerprint density at radius 1 is 1.16 bits per heavy atom. The fourth-order valence-corrected chi connectivity index (χ4v) is 4.46. The molecule has 0 saturated heterocycles. The molecule has 1 amide bonds. The van der Waals surface area contributed by atoms with Crippen molar-refractivity contribution in [1.82, 2.24) is 0 Å². The van der Waals surface area contributed by atoms with Gasteiger partial charge in [0.05, 0.1) is 17.3 Å². The number of amides is 1. The Balaban J connectivity index is 1.80. The molecule has 3 aliphatic rings. The summed E-state index contributed by atoms with van der Waals surface area (Å²) >= 11 is 0. The van der Waals surface area contributed by atoms with E-state index in [-0.39, 0.29) is 23.8 Å². The van der Waals surface area contributed by atoms with Gasteiger partial charge in [0.15, 0.2) is 0 Å². The van der Waals surface area contributed by atoms with Crippen LogP contribution in [-0.4, -0.2) is 17.7 Å². The monoisotopic (exact) mass is 351 g/mol. The van der Waals surface area contributed by atoms with E-state index in [0.717, 1.165) is 24.1 Å². The second-order valence-electron chi connectivity index (χ2n) is 8.09. The molecule has 6 heteroatoms. The highest BCUT2D eigenvalue weighted by Crippen LogP contribution is 2.58. The van der Waals surface area contributed by atoms with Gasteiger partial charge < -0.3 is 4.74 Å². The maximum absolute atomic E-state index is 13.2. The van der Waals surface area contributed by atoms with Crippen molar-refractivity contribution in [2.75, 3.05) is 4.90 Å². The Bertz CT molecular complexity index is 763. The topological polar surface area (TPSA) is 29.5 Å². The zero-order valence-corrected chi connectivity index (χ0v) is 14.3. The largest absolute Gasteiger partial charge is 0.443 e. The van der Waals surface area contributed by atoms with Crippen molar-refractivity contribution in [3.8, 4) is 0 Å². The summed E-state index contributed by atoms with van der Waals surface area (Å²) in [5, 5.41) is 0. The number of fused-ring (bicyclic) bond motifs is 7. The molecular weight excluding hydrogens is 331 g/mol. The normalized spacial score (nSPS) is 29.8. The minimum atomic E-state index is -4.44. The molecule has 1 aromatic carbocycles. The van der Waals surface area contributed by atoms with Gasteiger partial charge in [-0.2, -0.15) is 13.2 Å². The number of anilines is 1. The molecule has 1 fully saturated rings. The van der Waals surface area contributed by atoms with Crippen LogP contribution < -0.4 is 4.90 Å². The average molecular weight is 351 g/mol. The third-order valence-electron chi connectivity index (χ3n) is 5.28. The smallest absolute Gasteiger partial charge is 0.416 e. The van der Waals surface area contributed by atoms with E-state index in [1.54, 1.807) is 20.8 Å². The number of carbonyl (C=O) groups excluding carboxylic acids is 1. The summed E-state index contributed by atoms with van der Waals surface area (Å²) in [5.74, 6) is 0.502. The first kappa shape index (κ1) is 16.5. The van der Waals surface area contributed by atoms with Gasteiger partial charge in [0.2, 0.25) is 0 Å².